The third-order valence-corrected chi connectivity index (χ3v) is 5.15. The van der Waals surface area contributed by atoms with Gasteiger partial charge in [-0.1, -0.05) is 6.07 Å². The third kappa shape index (κ3) is 2.47. The highest BCUT2D eigenvalue weighted by molar-refractivity contribution is 6.27. The molecule has 1 aliphatic rings. The summed E-state index contributed by atoms with van der Waals surface area (Å²) in [5.41, 5.74) is 5.65. The Balaban J connectivity index is 1.91. The van der Waals surface area contributed by atoms with Crippen LogP contribution in [0.25, 0.3) is 28.0 Å². The molecule has 4 aromatic rings. The molecule has 1 aliphatic heterocycles. The highest BCUT2D eigenvalue weighted by atomic mass is 16.2. The first kappa shape index (κ1) is 17.2. The number of aromatic nitrogens is 4. The van der Waals surface area contributed by atoms with E-state index in [1.165, 1.54) is 13.2 Å². The summed E-state index contributed by atoms with van der Waals surface area (Å²) in [7, 11) is 1.48. The molecule has 4 heterocycles. The molecule has 29 heavy (non-hydrogen) atoms. The molecule has 0 atom stereocenters. The monoisotopic (exact) mass is 383 g/mol. The van der Waals surface area contributed by atoms with Gasteiger partial charge >= 0.3 is 0 Å². The van der Waals surface area contributed by atoms with Gasteiger partial charge in [0.15, 0.2) is 5.65 Å². The second-order valence-electron chi connectivity index (χ2n) is 7.26. The molecule has 0 N–H and O–H groups in total. The molecule has 0 saturated carbocycles. The van der Waals surface area contributed by atoms with Crippen molar-refractivity contribution < 1.29 is 9.59 Å². The van der Waals surface area contributed by atoms with Crippen LogP contribution in [0.1, 0.15) is 31.8 Å². The Labute approximate surface area is 166 Å². The zero-order chi connectivity index (χ0) is 20.3. The van der Waals surface area contributed by atoms with Crippen molar-refractivity contribution in [3.05, 3.63) is 71.2 Å². The molecule has 3 aromatic heterocycles. The topological polar surface area (TPSA) is 81.0 Å². The number of amides is 2. The zero-order valence-electron chi connectivity index (χ0n) is 16.2. The summed E-state index contributed by atoms with van der Waals surface area (Å²) >= 11 is 0. The Bertz CT molecular complexity index is 1300. The highest BCUT2D eigenvalue weighted by Gasteiger charge is 2.37. The lowest BCUT2D eigenvalue weighted by Gasteiger charge is -2.06. The zero-order valence-corrected chi connectivity index (χ0v) is 16.2. The molecule has 0 unspecified atom stereocenters. The minimum atomic E-state index is -0.348. The predicted octanol–water partition coefficient (Wildman–Crippen LogP) is 3.33. The van der Waals surface area contributed by atoms with Crippen LogP contribution in [0.15, 0.2) is 48.9 Å². The van der Waals surface area contributed by atoms with Gasteiger partial charge in [-0.05, 0) is 49.2 Å². The molecule has 142 valence electrons. The van der Waals surface area contributed by atoms with Gasteiger partial charge in [0.1, 0.15) is 5.69 Å². The predicted molar refractivity (Wildman–Crippen MR) is 108 cm³/mol. The van der Waals surface area contributed by atoms with Gasteiger partial charge in [-0.2, -0.15) is 5.10 Å². The average molecular weight is 383 g/mol. The first-order chi connectivity index (χ1) is 14.0. The summed E-state index contributed by atoms with van der Waals surface area (Å²) in [6, 6.07) is 9.78. The van der Waals surface area contributed by atoms with Crippen molar-refractivity contribution in [3.63, 3.8) is 0 Å². The van der Waals surface area contributed by atoms with Crippen LogP contribution < -0.4 is 0 Å². The molecule has 1 aromatic carbocycles. The molecule has 5 rings (SSSR count). The number of fused-ring (bicyclic) bond motifs is 3. The molecular weight excluding hydrogens is 366 g/mol. The molecule has 7 heteroatoms. The van der Waals surface area contributed by atoms with Crippen LogP contribution >= 0.6 is 0 Å². The number of nitrogens with zero attached hydrogens (tertiary/aromatic N) is 5. The molecule has 7 nitrogen and oxygen atoms in total. The van der Waals surface area contributed by atoms with Crippen molar-refractivity contribution in [2.24, 2.45) is 0 Å². The largest absolute Gasteiger partial charge is 0.277 e. The lowest BCUT2D eigenvalue weighted by atomic mass is 10.0. The fourth-order valence-corrected chi connectivity index (χ4v) is 3.87. The normalized spacial score (nSPS) is 13.4. The summed E-state index contributed by atoms with van der Waals surface area (Å²) in [6.07, 6.45) is 4.82. The summed E-state index contributed by atoms with van der Waals surface area (Å²) in [4.78, 5) is 35.1. The van der Waals surface area contributed by atoms with Crippen LogP contribution in [0, 0.1) is 13.8 Å². The number of imide groups is 1. The van der Waals surface area contributed by atoms with Crippen LogP contribution in [0.5, 0.6) is 0 Å². The van der Waals surface area contributed by atoms with Crippen molar-refractivity contribution in [3.8, 4) is 16.9 Å². The van der Waals surface area contributed by atoms with Crippen LogP contribution in [0.4, 0.5) is 0 Å². The first-order valence-electron chi connectivity index (χ1n) is 9.19. The molecule has 0 radical (unpaired) electrons. The number of benzene rings is 1. The maximum absolute atomic E-state index is 12.9. The molecule has 0 saturated heterocycles. The van der Waals surface area contributed by atoms with Gasteiger partial charge in [0, 0.05) is 31.2 Å². The van der Waals surface area contributed by atoms with E-state index in [4.69, 9.17) is 5.10 Å². The van der Waals surface area contributed by atoms with E-state index in [2.05, 4.69) is 16.0 Å². The Morgan fingerprint density at radius 2 is 1.62 bits per heavy atom. The van der Waals surface area contributed by atoms with Crippen molar-refractivity contribution >= 4 is 22.8 Å². The Kier molecular flexibility index (Phi) is 3.61. The summed E-state index contributed by atoms with van der Waals surface area (Å²) < 4.78 is 1.74. The van der Waals surface area contributed by atoms with E-state index >= 15 is 0 Å². The standard InChI is InChI=1S/C22H17N5O2/c1-12-8-13(2)10-15(9-12)27-20-18(19(25-27)14-4-6-23-7-5-14)17-16(11-24-20)21(28)26(3)22(17)29/h4-11H,1-3H3. The van der Waals surface area contributed by atoms with E-state index in [1.54, 1.807) is 17.1 Å². The number of hydrogen-bond acceptors (Lipinski definition) is 5. The highest BCUT2D eigenvalue weighted by Crippen LogP contribution is 2.36. The van der Waals surface area contributed by atoms with E-state index in [1.807, 2.05) is 38.1 Å². The van der Waals surface area contributed by atoms with Gasteiger partial charge in [0.05, 0.1) is 22.2 Å². The van der Waals surface area contributed by atoms with Gasteiger partial charge < -0.3 is 0 Å². The molecule has 0 aliphatic carbocycles. The molecular formula is C22H17N5O2. The fourth-order valence-electron chi connectivity index (χ4n) is 3.87. The first-order valence-corrected chi connectivity index (χ1v) is 9.19. The number of pyridine rings is 2. The smallest absolute Gasteiger partial charge is 0.262 e. The van der Waals surface area contributed by atoms with Crippen LogP contribution in [0.2, 0.25) is 0 Å². The minimum Gasteiger partial charge on any atom is -0.277 e. The van der Waals surface area contributed by atoms with Crippen LogP contribution in [-0.4, -0.2) is 43.5 Å². The summed E-state index contributed by atoms with van der Waals surface area (Å²) in [5, 5.41) is 5.40. The van der Waals surface area contributed by atoms with Gasteiger partial charge in [-0.3, -0.25) is 19.5 Å². The quantitative estimate of drug-likeness (QED) is 0.496. The third-order valence-electron chi connectivity index (χ3n) is 5.15. The molecule has 0 bridgehead atoms. The van der Waals surface area contributed by atoms with Crippen molar-refractivity contribution in [1.82, 2.24) is 24.6 Å². The van der Waals surface area contributed by atoms with Crippen LogP contribution in [-0.2, 0) is 0 Å². The van der Waals surface area contributed by atoms with E-state index in [0.717, 1.165) is 27.3 Å². The number of aryl methyl sites for hydroxylation is 2. The van der Waals surface area contributed by atoms with Gasteiger partial charge in [-0.15, -0.1) is 0 Å². The van der Waals surface area contributed by atoms with E-state index < -0.39 is 0 Å². The Hall–Kier alpha value is -3.87. The second-order valence-corrected chi connectivity index (χ2v) is 7.26. The minimum absolute atomic E-state index is 0.306. The summed E-state index contributed by atoms with van der Waals surface area (Å²) in [5.74, 6) is -0.688. The molecule has 2 amide bonds. The van der Waals surface area contributed by atoms with Crippen molar-refractivity contribution in [2.45, 2.75) is 13.8 Å². The Morgan fingerprint density at radius 1 is 0.931 bits per heavy atom. The lowest BCUT2D eigenvalue weighted by Crippen LogP contribution is -2.24. The SMILES string of the molecule is Cc1cc(C)cc(-n2nc(-c3ccncc3)c3c4c(cnc32)C(=O)N(C)C4=O)c1. The number of carbonyl (C=O) groups is 2. The lowest BCUT2D eigenvalue weighted by molar-refractivity contribution is 0.0693. The Morgan fingerprint density at radius 3 is 2.31 bits per heavy atom. The summed E-state index contributed by atoms with van der Waals surface area (Å²) in [6.45, 7) is 4.04. The van der Waals surface area contributed by atoms with Crippen molar-refractivity contribution in [2.75, 3.05) is 7.05 Å². The van der Waals surface area contributed by atoms with E-state index in [0.29, 0.717) is 27.9 Å². The van der Waals surface area contributed by atoms with Gasteiger partial charge in [-0.25, -0.2) is 9.67 Å². The number of rotatable bonds is 2. The number of carbonyl (C=O) groups excluding carboxylic acids is 2. The maximum atomic E-state index is 12.9. The van der Waals surface area contributed by atoms with Gasteiger partial charge in [0.25, 0.3) is 11.8 Å². The van der Waals surface area contributed by atoms with Gasteiger partial charge in [0.2, 0.25) is 0 Å². The van der Waals surface area contributed by atoms with Crippen molar-refractivity contribution in [1.29, 1.82) is 0 Å². The maximum Gasteiger partial charge on any atom is 0.262 e. The average Bonchev–Trinajstić information content (AvgIpc) is 3.20. The number of hydrogen-bond donors (Lipinski definition) is 0. The van der Waals surface area contributed by atoms with Crippen LogP contribution in [0.3, 0.4) is 0 Å². The van der Waals surface area contributed by atoms with E-state index in [9.17, 15) is 9.59 Å². The second kappa shape index (κ2) is 6.07. The molecule has 0 spiro atoms. The molecule has 0 fully saturated rings. The fraction of sp³-hybridized carbons (Fsp3) is 0.136. The van der Waals surface area contributed by atoms with E-state index in [-0.39, 0.29) is 11.8 Å².